The summed E-state index contributed by atoms with van der Waals surface area (Å²) >= 11 is 0. The minimum absolute atomic E-state index is 0.264. The number of para-hydroxylation sites is 1. The zero-order valence-electron chi connectivity index (χ0n) is 13.5. The first-order chi connectivity index (χ1) is 11.7. The number of benzene rings is 1. The average Bonchev–Trinajstić information content (AvgIpc) is 2.64. The Morgan fingerprint density at radius 1 is 1.17 bits per heavy atom. The monoisotopic (exact) mass is 325 g/mol. The van der Waals surface area contributed by atoms with Crippen molar-refractivity contribution in [3.05, 3.63) is 47.9 Å². The van der Waals surface area contributed by atoms with Crippen LogP contribution in [0.15, 0.2) is 36.7 Å². The molecular formula is C17H19N5O2. The number of carbonyl (C=O) groups is 2. The van der Waals surface area contributed by atoms with Crippen molar-refractivity contribution in [2.75, 3.05) is 36.4 Å². The van der Waals surface area contributed by atoms with E-state index in [1.165, 1.54) is 6.33 Å². The summed E-state index contributed by atoms with van der Waals surface area (Å²) in [5.41, 5.74) is 2.08. The molecule has 1 N–H and O–H groups in total. The Morgan fingerprint density at radius 2 is 1.92 bits per heavy atom. The first kappa shape index (κ1) is 15.9. The van der Waals surface area contributed by atoms with E-state index in [2.05, 4.69) is 15.3 Å². The van der Waals surface area contributed by atoms with Gasteiger partial charge in [-0.3, -0.25) is 9.59 Å². The molecule has 1 aromatic heterocycles. The van der Waals surface area contributed by atoms with Gasteiger partial charge in [0.15, 0.2) is 0 Å². The summed E-state index contributed by atoms with van der Waals surface area (Å²) in [7, 11) is 0. The van der Waals surface area contributed by atoms with Crippen LogP contribution in [0.1, 0.15) is 16.1 Å². The molecule has 7 heteroatoms. The van der Waals surface area contributed by atoms with Crippen LogP contribution >= 0.6 is 0 Å². The molecule has 2 aromatic rings. The third kappa shape index (κ3) is 3.51. The van der Waals surface area contributed by atoms with Crippen molar-refractivity contribution < 1.29 is 9.59 Å². The number of aryl methyl sites for hydroxylation is 1. The molecule has 0 bridgehead atoms. The maximum Gasteiger partial charge on any atom is 0.274 e. The number of hydrogen-bond acceptors (Lipinski definition) is 5. The van der Waals surface area contributed by atoms with Gasteiger partial charge >= 0.3 is 0 Å². The molecule has 1 aromatic carbocycles. The largest absolute Gasteiger partial charge is 0.353 e. The quantitative estimate of drug-likeness (QED) is 0.858. The van der Waals surface area contributed by atoms with Gasteiger partial charge in [0.25, 0.3) is 5.91 Å². The van der Waals surface area contributed by atoms with Gasteiger partial charge in [-0.15, -0.1) is 0 Å². The van der Waals surface area contributed by atoms with Crippen LogP contribution in [0.3, 0.4) is 0 Å². The van der Waals surface area contributed by atoms with Gasteiger partial charge in [-0.05, 0) is 18.6 Å². The molecule has 0 unspecified atom stereocenters. The Kier molecular flexibility index (Phi) is 4.69. The van der Waals surface area contributed by atoms with Crippen molar-refractivity contribution in [1.82, 2.24) is 14.9 Å². The Labute approximate surface area is 140 Å². The number of carbonyl (C=O) groups excluding carboxylic acids is 2. The molecule has 7 nitrogen and oxygen atoms in total. The molecule has 2 amide bonds. The number of anilines is 2. The minimum Gasteiger partial charge on any atom is -0.353 e. The highest BCUT2D eigenvalue weighted by Gasteiger charge is 2.18. The molecule has 0 atom stereocenters. The van der Waals surface area contributed by atoms with E-state index in [1.807, 2.05) is 36.1 Å². The fraction of sp³-hybridized carbons (Fsp3) is 0.294. The predicted octanol–water partition coefficient (Wildman–Crippen LogP) is 1.32. The summed E-state index contributed by atoms with van der Waals surface area (Å²) < 4.78 is 0. The number of nitrogens with one attached hydrogen (secondary N) is 1. The van der Waals surface area contributed by atoms with E-state index in [9.17, 15) is 9.59 Å². The normalized spacial score (nSPS) is 14.4. The number of rotatable bonds is 4. The molecule has 0 spiro atoms. The van der Waals surface area contributed by atoms with Crippen molar-refractivity contribution in [2.45, 2.75) is 6.92 Å². The Hall–Kier alpha value is -2.96. The maximum absolute atomic E-state index is 12.4. The van der Waals surface area contributed by atoms with Crippen molar-refractivity contribution in [1.29, 1.82) is 0 Å². The second-order valence-corrected chi connectivity index (χ2v) is 5.66. The summed E-state index contributed by atoms with van der Waals surface area (Å²) in [6, 6.07) is 9.28. The van der Waals surface area contributed by atoms with Crippen LogP contribution < -0.4 is 10.2 Å². The molecule has 0 radical (unpaired) electrons. The molecule has 24 heavy (non-hydrogen) atoms. The fourth-order valence-corrected chi connectivity index (χ4v) is 2.60. The molecule has 2 heterocycles. The van der Waals surface area contributed by atoms with Gasteiger partial charge in [0.2, 0.25) is 6.41 Å². The van der Waals surface area contributed by atoms with Crippen LogP contribution in [0.2, 0.25) is 0 Å². The Morgan fingerprint density at radius 3 is 2.62 bits per heavy atom. The fourth-order valence-electron chi connectivity index (χ4n) is 2.60. The average molecular weight is 325 g/mol. The lowest BCUT2D eigenvalue weighted by Gasteiger charge is -2.33. The van der Waals surface area contributed by atoms with Gasteiger partial charge in [-0.1, -0.05) is 18.2 Å². The highest BCUT2D eigenvalue weighted by atomic mass is 16.2. The van der Waals surface area contributed by atoms with Crippen LogP contribution in [-0.4, -0.2) is 53.4 Å². The molecule has 0 saturated carbocycles. The van der Waals surface area contributed by atoms with E-state index >= 15 is 0 Å². The summed E-state index contributed by atoms with van der Waals surface area (Å²) in [5, 5.41) is 2.87. The second-order valence-electron chi connectivity index (χ2n) is 5.66. The third-order valence-corrected chi connectivity index (χ3v) is 4.07. The van der Waals surface area contributed by atoms with Gasteiger partial charge in [0, 0.05) is 37.9 Å². The van der Waals surface area contributed by atoms with Gasteiger partial charge in [-0.25, -0.2) is 9.97 Å². The molecule has 124 valence electrons. The lowest BCUT2D eigenvalue weighted by Crippen LogP contribution is -2.46. The topological polar surface area (TPSA) is 78.4 Å². The number of nitrogens with zero attached hydrogens (tertiary/aromatic N) is 4. The number of aromatic nitrogens is 2. The van der Waals surface area contributed by atoms with Crippen molar-refractivity contribution >= 4 is 23.8 Å². The van der Waals surface area contributed by atoms with E-state index in [4.69, 9.17) is 0 Å². The van der Waals surface area contributed by atoms with E-state index < -0.39 is 0 Å². The minimum atomic E-state index is -0.264. The van der Waals surface area contributed by atoms with Crippen LogP contribution in [0, 0.1) is 6.92 Å². The van der Waals surface area contributed by atoms with Crippen molar-refractivity contribution in [3.63, 3.8) is 0 Å². The summed E-state index contributed by atoms with van der Waals surface area (Å²) in [6.45, 7) is 4.62. The predicted molar refractivity (Wildman–Crippen MR) is 91.0 cm³/mol. The van der Waals surface area contributed by atoms with E-state index in [1.54, 1.807) is 11.0 Å². The van der Waals surface area contributed by atoms with Crippen LogP contribution in [0.25, 0.3) is 0 Å². The Bertz CT molecular complexity index is 741. The zero-order valence-corrected chi connectivity index (χ0v) is 13.5. The first-order valence-corrected chi connectivity index (χ1v) is 7.80. The highest BCUT2D eigenvalue weighted by Crippen LogP contribution is 2.17. The van der Waals surface area contributed by atoms with E-state index in [0.717, 1.165) is 17.7 Å². The standard InChI is InChI=1S/C17H19N5O2/c1-13-4-2-3-5-14(13)20-17(24)15-10-16(19-11-18-15)22-8-6-21(12-23)7-9-22/h2-5,10-12H,6-9H2,1H3,(H,20,24). The van der Waals surface area contributed by atoms with Gasteiger partial charge < -0.3 is 15.1 Å². The van der Waals surface area contributed by atoms with E-state index in [-0.39, 0.29) is 5.91 Å². The van der Waals surface area contributed by atoms with Crippen LogP contribution in [-0.2, 0) is 4.79 Å². The lowest BCUT2D eigenvalue weighted by molar-refractivity contribution is -0.118. The molecule has 3 rings (SSSR count). The third-order valence-electron chi connectivity index (χ3n) is 4.07. The summed E-state index contributed by atoms with van der Waals surface area (Å²) in [6.07, 6.45) is 2.26. The lowest BCUT2D eigenvalue weighted by atomic mass is 10.2. The van der Waals surface area contributed by atoms with Gasteiger partial charge in [0.05, 0.1) is 0 Å². The van der Waals surface area contributed by atoms with Crippen LogP contribution in [0.5, 0.6) is 0 Å². The number of amides is 2. The van der Waals surface area contributed by atoms with Crippen LogP contribution in [0.4, 0.5) is 11.5 Å². The summed E-state index contributed by atoms with van der Waals surface area (Å²) in [4.78, 5) is 35.3. The molecule has 0 aliphatic carbocycles. The SMILES string of the molecule is Cc1ccccc1NC(=O)c1cc(N2CCN(C=O)CC2)ncn1. The molecule has 1 fully saturated rings. The molecular weight excluding hydrogens is 306 g/mol. The summed E-state index contributed by atoms with van der Waals surface area (Å²) in [5.74, 6) is 0.435. The zero-order chi connectivity index (χ0) is 16.9. The number of piperazine rings is 1. The second kappa shape index (κ2) is 7.08. The van der Waals surface area contributed by atoms with E-state index in [0.29, 0.717) is 37.7 Å². The highest BCUT2D eigenvalue weighted by molar-refractivity contribution is 6.03. The van der Waals surface area contributed by atoms with Gasteiger partial charge in [0.1, 0.15) is 17.8 Å². The molecule has 1 aliphatic rings. The molecule has 1 aliphatic heterocycles. The Balaban J connectivity index is 1.72. The smallest absolute Gasteiger partial charge is 0.274 e. The number of hydrogen-bond donors (Lipinski definition) is 1. The van der Waals surface area contributed by atoms with Gasteiger partial charge in [-0.2, -0.15) is 0 Å². The van der Waals surface area contributed by atoms with Crippen molar-refractivity contribution in [3.8, 4) is 0 Å². The van der Waals surface area contributed by atoms with Crippen molar-refractivity contribution in [2.24, 2.45) is 0 Å². The molecule has 1 saturated heterocycles. The first-order valence-electron chi connectivity index (χ1n) is 7.80. The maximum atomic E-state index is 12.4.